The van der Waals surface area contributed by atoms with E-state index in [2.05, 4.69) is 11.4 Å². The molecule has 0 aromatic carbocycles. The molecule has 1 unspecified atom stereocenters. The molecule has 0 bridgehead atoms. The lowest BCUT2D eigenvalue weighted by molar-refractivity contribution is -0.123. The molecule has 1 aromatic rings. The summed E-state index contributed by atoms with van der Waals surface area (Å²) in [5.41, 5.74) is 4.74. The number of thiophene rings is 1. The summed E-state index contributed by atoms with van der Waals surface area (Å²) in [6.07, 6.45) is 0.738. The molecule has 0 aliphatic carbocycles. The molecule has 3 N–H and O–H groups in total. The number of rotatable bonds is 6. The Kier molecular flexibility index (Phi) is 4.63. The fourth-order valence-electron chi connectivity index (χ4n) is 1.07. The topological polar surface area (TPSA) is 55.1 Å². The second-order valence-corrected chi connectivity index (χ2v) is 5.82. The predicted octanol–water partition coefficient (Wildman–Crippen LogP) is 1.69. The average molecular weight is 244 g/mol. The Hall–Kier alpha value is -0.520. The minimum atomic E-state index is -0.593. The van der Waals surface area contributed by atoms with Crippen molar-refractivity contribution in [3.05, 3.63) is 17.5 Å². The molecule has 1 aromatic heterocycles. The molecule has 0 saturated carbocycles. The van der Waals surface area contributed by atoms with Crippen LogP contribution in [-0.4, -0.2) is 24.2 Å². The Morgan fingerprint density at radius 2 is 2.47 bits per heavy atom. The molecule has 84 valence electrons. The number of nitrogens with two attached hydrogens (primary N) is 1. The van der Waals surface area contributed by atoms with Crippen molar-refractivity contribution in [3.63, 3.8) is 0 Å². The zero-order valence-electron chi connectivity index (χ0n) is 8.95. The smallest absolute Gasteiger partial charge is 0.237 e. The molecule has 1 rings (SSSR count). The SMILES string of the molecule is CNC(C)(CCSc1cccs1)C(N)=O. The Morgan fingerprint density at radius 3 is 2.93 bits per heavy atom. The maximum Gasteiger partial charge on any atom is 0.237 e. The second kappa shape index (κ2) is 5.53. The Labute approximate surface area is 98.4 Å². The van der Waals surface area contributed by atoms with Crippen LogP contribution in [0.2, 0.25) is 0 Å². The van der Waals surface area contributed by atoms with Gasteiger partial charge in [0.2, 0.25) is 5.91 Å². The molecular weight excluding hydrogens is 228 g/mol. The predicted molar refractivity (Wildman–Crippen MR) is 66.3 cm³/mol. The second-order valence-electron chi connectivity index (χ2n) is 3.48. The van der Waals surface area contributed by atoms with E-state index < -0.39 is 5.54 Å². The lowest BCUT2D eigenvalue weighted by atomic mass is 9.99. The molecular formula is C10H16N2OS2. The van der Waals surface area contributed by atoms with Crippen molar-refractivity contribution in [2.45, 2.75) is 23.1 Å². The number of carbonyl (C=O) groups excluding carboxylic acids is 1. The first-order valence-electron chi connectivity index (χ1n) is 4.73. The van der Waals surface area contributed by atoms with Gasteiger partial charge < -0.3 is 11.1 Å². The zero-order chi connectivity index (χ0) is 11.3. The van der Waals surface area contributed by atoms with Gasteiger partial charge in [-0.25, -0.2) is 0 Å². The molecule has 0 saturated heterocycles. The maximum atomic E-state index is 11.2. The van der Waals surface area contributed by atoms with Gasteiger partial charge in [0.05, 0.1) is 9.75 Å². The van der Waals surface area contributed by atoms with E-state index in [0.29, 0.717) is 0 Å². The standard InChI is InChI=1S/C10H16N2OS2/c1-10(12-2,9(11)13)5-7-15-8-4-3-6-14-8/h3-4,6,12H,5,7H2,1-2H3,(H2,11,13). The fraction of sp³-hybridized carbons (Fsp3) is 0.500. The van der Waals surface area contributed by atoms with E-state index in [1.165, 1.54) is 4.21 Å². The number of hydrogen-bond acceptors (Lipinski definition) is 4. The number of amides is 1. The largest absolute Gasteiger partial charge is 0.368 e. The summed E-state index contributed by atoms with van der Waals surface area (Å²) < 4.78 is 1.28. The average Bonchev–Trinajstić information content (AvgIpc) is 2.70. The summed E-state index contributed by atoms with van der Waals surface area (Å²) in [4.78, 5) is 11.2. The normalized spacial score (nSPS) is 14.8. The quantitative estimate of drug-likeness (QED) is 0.749. The number of carbonyl (C=O) groups is 1. The van der Waals surface area contributed by atoms with E-state index in [9.17, 15) is 4.79 Å². The van der Waals surface area contributed by atoms with Gasteiger partial charge in [-0.1, -0.05) is 6.07 Å². The molecule has 1 atom stereocenters. The molecule has 1 heterocycles. The first-order valence-corrected chi connectivity index (χ1v) is 6.60. The molecule has 0 aliphatic heterocycles. The fourth-order valence-corrected chi connectivity index (χ4v) is 3.10. The van der Waals surface area contributed by atoms with Gasteiger partial charge in [0.25, 0.3) is 0 Å². The van der Waals surface area contributed by atoms with E-state index in [4.69, 9.17) is 5.73 Å². The van der Waals surface area contributed by atoms with Crippen LogP contribution in [0.4, 0.5) is 0 Å². The third-order valence-electron chi connectivity index (χ3n) is 2.44. The number of nitrogens with one attached hydrogen (secondary N) is 1. The minimum absolute atomic E-state index is 0.295. The van der Waals surface area contributed by atoms with Gasteiger partial charge in [-0.2, -0.15) is 0 Å². The first-order chi connectivity index (χ1) is 7.08. The van der Waals surface area contributed by atoms with Crippen LogP contribution < -0.4 is 11.1 Å². The van der Waals surface area contributed by atoms with Crippen molar-refractivity contribution in [2.24, 2.45) is 5.73 Å². The van der Waals surface area contributed by atoms with Crippen LogP contribution in [-0.2, 0) is 4.79 Å². The van der Waals surface area contributed by atoms with Gasteiger partial charge in [-0.3, -0.25) is 4.79 Å². The Balaban J connectivity index is 2.38. The van der Waals surface area contributed by atoms with Crippen LogP contribution in [0.25, 0.3) is 0 Å². The lowest BCUT2D eigenvalue weighted by Gasteiger charge is -2.24. The van der Waals surface area contributed by atoms with Crippen molar-refractivity contribution in [3.8, 4) is 0 Å². The summed E-state index contributed by atoms with van der Waals surface area (Å²) >= 11 is 3.47. The lowest BCUT2D eigenvalue weighted by Crippen LogP contribution is -2.51. The van der Waals surface area contributed by atoms with Gasteiger partial charge in [0, 0.05) is 5.75 Å². The molecule has 5 heteroatoms. The van der Waals surface area contributed by atoms with E-state index in [0.717, 1.165) is 12.2 Å². The van der Waals surface area contributed by atoms with E-state index in [1.807, 2.05) is 18.4 Å². The maximum absolute atomic E-state index is 11.2. The minimum Gasteiger partial charge on any atom is -0.368 e. The molecule has 3 nitrogen and oxygen atoms in total. The summed E-state index contributed by atoms with van der Waals surface area (Å²) in [5.74, 6) is 0.595. The van der Waals surface area contributed by atoms with Crippen molar-refractivity contribution in [1.82, 2.24) is 5.32 Å². The van der Waals surface area contributed by atoms with Gasteiger partial charge in [-0.05, 0) is 31.8 Å². The molecule has 0 spiro atoms. The van der Waals surface area contributed by atoms with Crippen molar-refractivity contribution in [2.75, 3.05) is 12.8 Å². The van der Waals surface area contributed by atoms with E-state index >= 15 is 0 Å². The van der Waals surface area contributed by atoms with Crippen LogP contribution in [0.1, 0.15) is 13.3 Å². The van der Waals surface area contributed by atoms with Gasteiger partial charge in [0.1, 0.15) is 0 Å². The van der Waals surface area contributed by atoms with Crippen LogP contribution in [0.15, 0.2) is 21.7 Å². The highest BCUT2D eigenvalue weighted by atomic mass is 32.2. The highest BCUT2D eigenvalue weighted by Gasteiger charge is 2.28. The van der Waals surface area contributed by atoms with Crippen LogP contribution in [0, 0.1) is 0 Å². The number of likely N-dealkylation sites (N-methyl/N-ethyl adjacent to an activating group) is 1. The third-order valence-corrected chi connectivity index (χ3v) is 4.57. The summed E-state index contributed by atoms with van der Waals surface area (Å²) in [7, 11) is 1.76. The zero-order valence-corrected chi connectivity index (χ0v) is 10.6. The molecule has 1 amide bonds. The van der Waals surface area contributed by atoms with E-state index in [-0.39, 0.29) is 5.91 Å². The summed E-state index contributed by atoms with van der Waals surface area (Å²) in [6, 6.07) is 4.11. The molecule has 0 radical (unpaired) electrons. The van der Waals surface area contributed by atoms with Crippen LogP contribution in [0.5, 0.6) is 0 Å². The number of thioether (sulfide) groups is 1. The van der Waals surface area contributed by atoms with E-state index in [1.54, 1.807) is 30.1 Å². The summed E-state index contributed by atoms with van der Waals surface area (Å²) in [5, 5.41) is 5.02. The Morgan fingerprint density at radius 1 is 1.73 bits per heavy atom. The van der Waals surface area contributed by atoms with Crippen LogP contribution >= 0.6 is 23.1 Å². The highest BCUT2D eigenvalue weighted by Crippen LogP contribution is 2.25. The molecule has 0 fully saturated rings. The number of hydrogen-bond donors (Lipinski definition) is 2. The van der Waals surface area contributed by atoms with Gasteiger partial charge in [0.15, 0.2) is 0 Å². The monoisotopic (exact) mass is 244 g/mol. The highest BCUT2D eigenvalue weighted by molar-refractivity contribution is 8.01. The Bertz CT molecular complexity index is 313. The van der Waals surface area contributed by atoms with Crippen molar-refractivity contribution < 1.29 is 4.79 Å². The van der Waals surface area contributed by atoms with Gasteiger partial charge in [-0.15, -0.1) is 23.1 Å². The first kappa shape index (κ1) is 12.5. The van der Waals surface area contributed by atoms with Crippen molar-refractivity contribution in [1.29, 1.82) is 0 Å². The molecule has 15 heavy (non-hydrogen) atoms. The van der Waals surface area contributed by atoms with Crippen LogP contribution in [0.3, 0.4) is 0 Å². The van der Waals surface area contributed by atoms with Gasteiger partial charge >= 0.3 is 0 Å². The van der Waals surface area contributed by atoms with Crippen molar-refractivity contribution >= 4 is 29.0 Å². The molecule has 0 aliphatic rings. The third kappa shape index (κ3) is 3.52. The number of primary amides is 1. The summed E-state index contributed by atoms with van der Waals surface area (Å²) in [6.45, 7) is 1.84.